The number of aliphatic imine (C=N–C) groups is 1. The number of hydrogen-bond acceptors (Lipinski definition) is 6. The second-order valence-corrected chi connectivity index (χ2v) is 8.61. The smallest absolute Gasteiger partial charge is 0.337 e. The van der Waals surface area contributed by atoms with Crippen molar-refractivity contribution in [3.63, 3.8) is 0 Å². The van der Waals surface area contributed by atoms with Gasteiger partial charge >= 0.3 is 5.97 Å². The molecular weight excluding hydrogens is 505 g/mol. The van der Waals surface area contributed by atoms with Crippen LogP contribution in [-0.2, 0) is 14.3 Å². The number of carbonyl (C=O) groups is 3. The minimum atomic E-state index is -0.578. The van der Waals surface area contributed by atoms with Crippen LogP contribution in [0.25, 0.3) is 0 Å². The zero-order valence-corrected chi connectivity index (χ0v) is 18.7. The highest BCUT2D eigenvalue weighted by molar-refractivity contribution is 14.1. The van der Waals surface area contributed by atoms with E-state index in [1.54, 1.807) is 31.3 Å². The third kappa shape index (κ3) is 5.36. The van der Waals surface area contributed by atoms with Gasteiger partial charge in [-0.25, -0.2) is 9.79 Å². The second kappa shape index (κ2) is 9.40. The standard InChI is InChI=1S/C20H18IN3O4S/c1-24-17(25)11-16(18(26)22-14-9-5-13(21)6-10-14)29-20(24)23-15-7-3-12(4-8-15)19(27)28-2/h3-10,16H,11H2,1-2H3,(H,22,26). The van der Waals surface area contributed by atoms with E-state index in [0.29, 0.717) is 22.1 Å². The Balaban J connectivity index is 1.75. The highest BCUT2D eigenvalue weighted by Crippen LogP contribution is 2.29. The molecule has 0 saturated carbocycles. The van der Waals surface area contributed by atoms with Gasteiger partial charge in [-0.2, -0.15) is 0 Å². The zero-order valence-electron chi connectivity index (χ0n) is 15.7. The number of ether oxygens (including phenoxy) is 1. The van der Waals surface area contributed by atoms with Crippen LogP contribution in [0.5, 0.6) is 0 Å². The Morgan fingerprint density at radius 1 is 1.17 bits per heavy atom. The van der Waals surface area contributed by atoms with Crippen LogP contribution >= 0.6 is 34.4 Å². The van der Waals surface area contributed by atoms with Crippen LogP contribution in [0.2, 0.25) is 0 Å². The lowest BCUT2D eigenvalue weighted by Crippen LogP contribution is -2.43. The van der Waals surface area contributed by atoms with Gasteiger partial charge in [-0.3, -0.25) is 14.5 Å². The van der Waals surface area contributed by atoms with Crippen LogP contribution in [-0.4, -0.2) is 47.3 Å². The average Bonchev–Trinajstić information content (AvgIpc) is 2.72. The molecular formula is C20H18IN3O4S. The fourth-order valence-electron chi connectivity index (χ4n) is 2.55. The Morgan fingerprint density at radius 3 is 2.45 bits per heavy atom. The number of carbonyl (C=O) groups excluding carboxylic acids is 3. The van der Waals surface area contributed by atoms with Gasteiger partial charge in [-0.05, 0) is 71.1 Å². The van der Waals surface area contributed by atoms with Gasteiger partial charge in [0.2, 0.25) is 11.8 Å². The Labute approximate surface area is 186 Å². The molecule has 9 heteroatoms. The van der Waals surface area contributed by atoms with Gasteiger partial charge < -0.3 is 10.1 Å². The first-order valence-electron chi connectivity index (χ1n) is 8.64. The molecule has 0 aromatic heterocycles. The summed E-state index contributed by atoms with van der Waals surface area (Å²) in [5.74, 6) is -0.862. The van der Waals surface area contributed by atoms with Gasteiger partial charge in [0.15, 0.2) is 5.17 Å². The van der Waals surface area contributed by atoms with E-state index in [1.807, 2.05) is 24.3 Å². The first-order chi connectivity index (χ1) is 13.9. The molecule has 1 heterocycles. The summed E-state index contributed by atoms with van der Waals surface area (Å²) in [5.41, 5.74) is 1.66. The van der Waals surface area contributed by atoms with Gasteiger partial charge in [-0.1, -0.05) is 11.8 Å². The maximum absolute atomic E-state index is 12.6. The molecule has 2 aromatic carbocycles. The van der Waals surface area contributed by atoms with E-state index >= 15 is 0 Å². The lowest BCUT2D eigenvalue weighted by atomic mass is 10.2. The number of benzene rings is 2. The van der Waals surface area contributed by atoms with Crippen LogP contribution in [0.3, 0.4) is 0 Å². The average molecular weight is 523 g/mol. The molecule has 1 saturated heterocycles. The van der Waals surface area contributed by atoms with Gasteiger partial charge in [0.05, 0.1) is 18.4 Å². The summed E-state index contributed by atoms with van der Waals surface area (Å²) in [7, 11) is 2.95. The molecule has 29 heavy (non-hydrogen) atoms. The lowest BCUT2D eigenvalue weighted by Gasteiger charge is -2.28. The third-order valence-corrected chi connectivity index (χ3v) is 6.15. The molecule has 2 aromatic rings. The number of amidine groups is 1. The largest absolute Gasteiger partial charge is 0.465 e. The van der Waals surface area contributed by atoms with Crippen LogP contribution in [0, 0.1) is 3.57 Å². The number of amides is 2. The maximum atomic E-state index is 12.6. The van der Waals surface area contributed by atoms with Gasteiger partial charge in [-0.15, -0.1) is 0 Å². The summed E-state index contributed by atoms with van der Waals surface area (Å²) in [6.45, 7) is 0. The summed E-state index contributed by atoms with van der Waals surface area (Å²) >= 11 is 3.42. The van der Waals surface area contributed by atoms with Crippen LogP contribution < -0.4 is 5.32 Å². The minimum Gasteiger partial charge on any atom is -0.465 e. The first kappa shape index (κ1) is 21.3. The van der Waals surface area contributed by atoms with Crippen molar-refractivity contribution in [3.05, 3.63) is 57.7 Å². The molecule has 2 amide bonds. The van der Waals surface area contributed by atoms with E-state index in [4.69, 9.17) is 0 Å². The quantitative estimate of drug-likeness (QED) is 0.488. The van der Waals surface area contributed by atoms with Crippen molar-refractivity contribution in [1.82, 2.24) is 4.90 Å². The molecule has 3 rings (SSSR count). The molecule has 1 N–H and O–H groups in total. The predicted molar refractivity (Wildman–Crippen MR) is 121 cm³/mol. The molecule has 7 nitrogen and oxygen atoms in total. The van der Waals surface area contributed by atoms with Crippen molar-refractivity contribution >= 4 is 68.7 Å². The Hall–Kier alpha value is -2.40. The number of thioether (sulfide) groups is 1. The summed E-state index contributed by atoms with van der Waals surface area (Å²) in [4.78, 5) is 42.5. The highest BCUT2D eigenvalue weighted by atomic mass is 127. The van der Waals surface area contributed by atoms with Gasteiger partial charge in [0, 0.05) is 22.7 Å². The molecule has 0 aliphatic carbocycles. The molecule has 150 valence electrons. The van der Waals surface area contributed by atoms with Crippen molar-refractivity contribution in [2.75, 3.05) is 19.5 Å². The van der Waals surface area contributed by atoms with Crippen molar-refractivity contribution in [2.24, 2.45) is 4.99 Å². The van der Waals surface area contributed by atoms with E-state index in [0.717, 1.165) is 3.57 Å². The number of esters is 1. The number of methoxy groups -OCH3 is 1. The van der Waals surface area contributed by atoms with Crippen LogP contribution in [0.1, 0.15) is 16.8 Å². The number of halogens is 1. The fourth-order valence-corrected chi connectivity index (χ4v) is 3.98. The Morgan fingerprint density at radius 2 is 1.83 bits per heavy atom. The van der Waals surface area contributed by atoms with Crippen molar-refractivity contribution in [3.8, 4) is 0 Å². The van der Waals surface area contributed by atoms with E-state index in [2.05, 4.69) is 37.6 Å². The summed E-state index contributed by atoms with van der Waals surface area (Å²) in [6, 6.07) is 13.9. The molecule has 1 aliphatic rings. The molecule has 0 spiro atoms. The Kier molecular flexibility index (Phi) is 6.91. The third-order valence-electron chi connectivity index (χ3n) is 4.19. The number of anilines is 1. The first-order valence-corrected chi connectivity index (χ1v) is 10.6. The van der Waals surface area contributed by atoms with Gasteiger partial charge in [0.1, 0.15) is 5.25 Å². The molecule has 1 fully saturated rings. The number of nitrogens with zero attached hydrogens (tertiary/aromatic N) is 2. The molecule has 1 unspecified atom stereocenters. The predicted octanol–water partition coefficient (Wildman–Crippen LogP) is 3.67. The topological polar surface area (TPSA) is 88.1 Å². The van der Waals surface area contributed by atoms with Crippen molar-refractivity contribution < 1.29 is 19.1 Å². The molecule has 0 bridgehead atoms. The zero-order chi connectivity index (χ0) is 21.0. The number of nitrogens with one attached hydrogen (secondary N) is 1. The van der Waals surface area contributed by atoms with Crippen LogP contribution in [0.4, 0.5) is 11.4 Å². The van der Waals surface area contributed by atoms with E-state index in [-0.39, 0.29) is 18.2 Å². The maximum Gasteiger partial charge on any atom is 0.337 e. The number of rotatable bonds is 4. The fraction of sp³-hybridized carbons (Fsp3) is 0.200. The summed E-state index contributed by atoms with van der Waals surface area (Å²) in [5, 5.41) is 2.69. The van der Waals surface area contributed by atoms with E-state index < -0.39 is 11.2 Å². The van der Waals surface area contributed by atoms with Crippen molar-refractivity contribution in [2.45, 2.75) is 11.7 Å². The monoisotopic (exact) mass is 523 g/mol. The van der Waals surface area contributed by atoms with E-state index in [9.17, 15) is 14.4 Å². The minimum absolute atomic E-state index is 0.0949. The number of hydrogen-bond donors (Lipinski definition) is 1. The SMILES string of the molecule is COC(=O)c1ccc(N=C2SC(C(=O)Nc3ccc(I)cc3)CC(=O)N2C)cc1. The van der Waals surface area contributed by atoms with Crippen molar-refractivity contribution in [1.29, 1.82) is 0 Å². The summed E-state index contributed by atoms with van der Waals surface area (Å²) in [6.07, 6.45) is 0.0949. The Bertz CT molecular complexity index is 961. The van der Waals surface area contributed by atoms with E-state index in [1.165, 1.54) is 23.8 Å². The molecule has 1 atom stereocenters. The highest BCUT2D eigenvalue weighted by Gasteiger charge is 2.34. The lowest BCUT2D eigenvalue weighted by molar-refractivity contribution is -0.128. The van der Waals surface area contributed by atoms with Crippen LogP contribution in [0.15, 0.2) is 53.5 Å². The molecule has 0 radical (unpaired) electrons. The summed E-state index contributed by atoms with van der Waals surface area (Å²) < 4.78 is 5.74. The second-order valence-electron chi connectivity index (χ2n) is 6.19. The molecule has 1 aliphatic heterocycles. The normalized spacial score (nSPS) is 17.9. The van der Waals surface area contributed by atoms with Gasteiger partial charge in [0.25, 0.3) is 0 Å².